The van der Waals surface area contributed by atoms with Crippen LogP contribution in [0.4, 0.5) is 13.2 Å². The fourth-order valence-electron chi connectivity index (χ4n) is 2.59. The molecule has 1 atom stereocenters. The summed E-state index contributed by atoms with van der Waals surface area (Å²) in [4.78, 5) is 13.6. The van der Waals surface area contributed by atoms with Crippen LogP contribution in [0.25, 0.3) is 0 Å². The number of primary amides is 1. The molecule has 1 aromatic rings. The molecule has 3 nitrogen and oxygen atoms in total. The molecule has 1 fully saturated rings. The summed E-state index contributed by atoms with van der Waals surface area (Å²) in [6, 6.07) is 4.03. The number of halogens is 3. The Hall–Kier alpha value is -1.56. The Kier molecular flexibility index (Phi) is 4.32. The average Bonchev–Trinajstić information content (AvgIpc) is 2.39. The summed E-state index contributed by atoms with van der Waals surface area (Å²) in [5.41, 5.74) is 5.22. The molecule has 0 bridgehead atoms. The van der Waals surface area contributed by atoms with E-state index < -0.39 is 23.7 Å². The van der Waals surface area contributed by atoms with Crippen LogP contribution in [0.5, 0.6) is 0 Å². The second-order valence-corrected chi connectivity index (χ2v) is 5.02. The molecule has 0 radical (unpaired) electrons. The summed E-state index contributed by atoms with van der Waals surface area (Å²) >= 11 is 0. The van der Waals surface area contributed by atoms with Gasteiger partial charge in [-0.25, -0.2) is 0 Å². The largest absolute Gasteiger partial charge is 0.416 e. The summed E-state index contributed by atoms with van der Waals surface area (Å²) < 4.78 is 37.6. The van der Waals surface area contributed by atoms with E-state index in [2.05, 4.69) is 0 Å². The van der Waals surface area contributed by atoms with Crippen LogP contribution >= 0.6 is 0 Å². The monoisotopic (exact) mass is 286 g/mol. The van der Waals surface area contributed by atoms with Gasteiger partial charge in [0.1, 0.15) is 6.04 Å². The van der Waals surface area contributed by atoms with E-state index in [4.69, 9.17) is 5.73 Å². The number of rotatable bonds is 3. The average molecular weight is 286 g/mol. The minimum atomic E-state index is -4.37. The maximum Gasteiger partial charge on any atom is 0.416 e. The molecule has 1 unspecified atom stereocenters. The van der Waals surface area contributed by atoms with Crippen LogP contribution in [-0.4, -0.2) is 23.9 Å². The molecule has 2 N–H and O–H groups in total. The lowest BCUT2D eigenvalue weighted by Crippen LogP contribution is -2.40. The molecule has 0 spiro atoms. The zero-order valence-electron chi connectivity index (χ0n) is 11.0. The van der Waals surface area contributed by atoms with Gasteiger partial charge in [0, 0.05) is 0 Å². The first kappa shape index (κ1) is 14.8. The van der Waals surface area contributed by atoms with Crippen molar-refractivity contribution in [2.45, 2.75) is 31.5 Å². The SMILES string of the molecule is NC(=O)C(c1ccc(C(F)(F)F)cc1)N1CCCCC1. The Morgan fingerprint density at radius 2 is 1.65 bits per heavy atom. The molecule has 6 heteroatoms. The van der Waals surface area contributed by atoms with Gasteiger partial charge in [0.05, 0.1) is 5.56 Å². The Balaban J connectivity index is 2.23. The molecule has 1 amide bonds. The predicted octanol–water partition coefficient (Wildman–Crippen LogP) is 2.72. The number of carbonyl (C=O) groups excluding carboxylic acids is 1. The quantitative estimate of drug-likeness (QED) is 0.928. The van der Waals surface area contributed by atoms with E-state index in [-0.39, 0.29) is 0 Å². The summed E-state index contributed by atoms with van der Waals surface area (Å²) in [6.07, 6.45) is -1.31. The number of likely N-dealkylation sites (tertiary alicyclic amines) is 1. The summed E-state index contributed by atoms with van der Waals surface area (Å²) in [7, 11) is 0. The minimum absolute atomic E-state index is 0.521. The van der Waals surface area contributed by atoms with Crippen LogP contribution in [0, 0.1) is 0 Å². The normalized spacial score (nSPS) is 18.8. The highest BCUT2D eigenvalue weighted by Crippen LogP contribution is 2.31. The van der Waals surface area contributed by atoms with Crippen LogP contribution < -0.4 is 5.73 Å². The maximum atomic E-state index is 12.5. The van der Waals surface area contributed by atoms with E-state index in [1.54, 1.807) is 0 Å². The zero-order valence-corrected chi connectivity index (χ0v) is 11.0. The summed E-state index contributed by atoms with van der Waals surface area (Å²) in [6.45, 7) is 1.49. The van der Waals surface area contributed by atoms with Crippen molar-refractivity contribution in [3.63, 3.8) is 0 Å². The van der Waals surface area contributed by atoms with Crippen molar-refractivity contribution in [1.29, 1.82) is 0 Å². The van der Waals surface area contributed by atoms with E-state index >= 15 is 0 Å². The van der Waals surface area contributed by atoms with Crippen molar-refractivity contribution in [2.75, 3.05) is 13.1 Å². The maximum absolute atomic E-state index is 12.5. The van der Waals surface area contributed by atoms with E-state index in [9.17, 15) is 18.0 Å². The van der Waals surface area contributed by atoms with Crippen molar-refractivity contribution < 1.29 is 18.0 Å². The highest BCUT2D eigenvalue weighted by Gasteiger charge is 2.31. The lowest BCUT2D eigenvalue weighted by molar-refractivity contribution is -0.137. The van der Waals surface area contributed by atoms with Gasteiger partial charge in [-0.3, -0.25) is 9.69 Å². The lowest BCUT2D eigenvalue weighted by atomic mass is 10.00. The van der Waals surface area contributed by atoms with E-state index in [0.717, 1.165) is 44.5 Å². The second kappa shape index (κ2) is 5.83. The van der Waals surface area contributed by atoms with Crippen molar-refractivity contribution >= 4 is 5.91 Å². The smallest absolute Gasteiger partial charge is 0.368 e. The van der Waals surface area contributed by atoms with Crippen molar-refractivity contribution in [3.8, 4) is 0 Å². The molecule has 20 heavy (non-hydrogen) atoms. The van der Waals surface area contributed by atoms with E-state index in [1.807, 2.05) is 4.90 Å². The van der Waals surface area contributed by atoms with Gasteiger partial charge in [0.2, 0.25) is 5.91 Å². The van der Waals surface area contributed by atoms with Gasteiger partial charge < -0.3 is 5.73 Å². The Morgan fingerprint density at radius 1 is 1.10 bits per heavy atom. The van der Waals surface area contributed by atoms with Crippen molar-refractivity contribution in [1.82, 2.24) is 4.90 Å². The summed E-state index contributed by atoms with van der Waals surface area (Å²) in [5, 5.41) is 0. The summed E-state index contributed by atoms with van der Waals surface area (Å²) in [5.74, 6) is -0.522. The molecule has 1 aliphatic rings. The van der Waals surface area contributed by atoms with Gasteiger partial charge in [-0.2, -0.15) is 13.2 Å². The number of hydrogen-bond acceptors (Lipinski definition) is 2. The molecule has 2 rings (SSSR count). The van der Waals surface area contributed by atoms with Crippen LogP contribution in [0.2, 0.25) is 0 Å². The Morgan fingerprint density at radius 3 is 2.10 bits per heavy atom. The van der Waals surface area contributed by atoms with Crippen molar-refractivity contribution in [3.05, 3.63) is 35.4 Å². The third kappa shape index (κ3) is 3.30. The van der Waals surface area contributed by atoms with Crippen LogP contribution in [0.15, 0.2) is 24.3 Å². The van der Waals surface area contributed by atoms with Gasteiger partial charge in [0.25, 0.3) is 0 Å². The molecule has 1 heterocycles. The molecule has 1 aromatic carbocycles. The highest BCUT2D eigenvalue weighted by atomic mass is 19.4. The highest BCUT2D eigenvalue weighted by molar-refractivity contribution is 5.81. The number of piperidine rings is 1. The molecular formula is C14H17F3N2O. The molecule has 1 aliphatic heterocycles. The van der Waals surface area contributed by atoms with Gasteiger partial charge in [-0.1, -0.05) is 18.6 Å². The van der Waals surface area contributed by atoms with Gasteiger partial charge in [-0.15, -0.1) is 0 Å². The zero-order chi connectivity index (χ0) is 14.8. The number of alkyl halides is 3. The fraction of sp³-hybridized carbons (Fsp3) is 0.500. The van der Waals surface area contributed by atoms with Gasteiger partial charge >= 0.3 is 6.18 Å². The first-order valence-corrected chi connectivity index (χ1v) is 6.60. The minimum Gasteiger partial charge on any atom is -0.368 e. The topological polar surface area (TPSA) is 46.3 Å². The molecule has 0 aromatic heterocycles. The number of nitrogens with two attached hydrogens (primary N) is 1. The number of carbonyl (C=O) groups is 1. The number of amides is 1. The first-order chi connectivity index (χ1) is 9.39. The van der Waals surface area contributed by atoms with Crippen LogP contribution in [-0.2, 0) is 11.0 Å². The van der Waals surface area contributed by atoms with Gasteiger partial charge in [0.15, 0.2) is 0 Å². The van der Waals surface area contributed by atoms with Crippen LogP contribution in [0.1, 0.15) is 36.4 Å². The predicted molar refractivity (Wildman–Crippen MR) is 68.8 cm³/mol. The molecular weight excluding hydrogens is 269 g/mol. The van der Waals surface area contributed by atoms with Crippen LogP contribution in [0.3, 0.4) is 0 Å². The third-order valence-electron chi connectivity index (χ3n) is 3.58. The van der Waals surface area contributed by atoms with E-state index in [1.165, 1.54) is 12.1 Å². The molecule has 0 saturated carbocycles. The first-order valence-electron chi connectivity index (χ1n) is 6.60. The number of nitrogens with zero attached hydrogens (tertiary/aromatic N) is 1. The van der Waals surface area contributed by atoms with Crippen molar-refractivity contribution in [2.24, 2.45) is 5.73 Å². The Bertz CT molecular complexity index is 464. The van der Waals surface area contributed by atoms with Gasteiger partial charge in [-0.05, 0) is 43.6 Å². The fourth-order valence-corrected chi connectivity index (χ4v) is 2.59. The molecule has 0 aliphatic carbocycles. The Labute approximate surface area is 115 Å². The number of benzene rings is 1. The molecule has 110 valence electrons. The number of hydrogen-bond donors (Lipinski definition) is 1. The molecule has 1 saturated heterocycles. The second-order valence-electron chi connectivity index (χ2n) is 5.02. The van der Waals surface area contributed by atoms with E-state index in [0.29, 0.717) is 5.56 Å². The lowest BCUT2D eigenvalue weighted by Gasteiger charge is -2.32. The standard InChI is InChI=1S/C14H17F3N2O/c15-14(16,17)11-6-4-10(5-7-11)12(13(18)20)19-8-2-1-3-9-19/h4-7,12H,1-3,8-9H2,(H2,18,20). The third-order valence-corrected chi connectivity index (χ3v) is 3.58.